The number of hydrogen-bond donors (Lipinski definition) is 1. The largest absolute Gasteiger partial charge is 2.00 e. The molecule has 1 rings (SSSR count). The Kier molecular flexibility index (Phi) is 13.5. The molecule has 0 spiro atoms. The SMILES string of the molecule is O=[P+]([O-])O[P+](=O)[O-].OC(Cl)c1ccccc1.[Hg+2]. The second-order valence-electron chi connectivity index (χ2n) is 2.28. The van der Waals surface area contributed by atoms with Gasteiger partial charge >= 0.3 is 44.2 Å². The fraction of sp³-hybridized carbons (Fsp3) is 0.143. The zero-order valence-electron chi connectivity index (χ0n) is 8.43. The van der Waals surface area contributed by atoms with Crippen LogP contribution in [-0.4, -0.2) is 5.11 Å². The fourth-order valence-corrected chi connectivity index (χ4v) is 1.25. The predicted molar refractivity (Wildman–Crippen MR) is 53.6 cm³/mol. The molecule has 3 unspecified atom stereocenters. The Morgan fingerprint density at radius 2 is 1.59 bits per heavy atom. The third kappa shape index (κ3) is 12.7. The molecular formula is C7H7ClHgO6P2+2. The maximum atomic E-state index is 9.24. The number of aliphatic hydroxyl groups excluding tert-OH is 1. The van der Waals surface area contributed by atoms with Crippen molar-refractivity contribution in [2.75, 3.05) is 0 Å². The molecule has 0 aromatic heterocycles. The van der Waals surface area contributed by atoms with Crippen LogP contribution in [0.4, 0.5) is 0 Å². The quantitative estimate of drug-likeness (QED) is 0.388. The van der Waals surface area contributed by atoms with Gasteiger partial charge in [0.25, 0.3) is 0 Å². The molecular weight excluding hydrogens is 478 g/mol. The average Bonchev–Trinajstić information content (AvgIpc) is 2.17. The Labute approximate surface area is 125 Å². The van der Waals surface area contributed by atoms with Gasteiger partial charge in [0.2, 0.25) is 0 Å². The molecule has 10 heteroatoms. The van der Waals surface area contributed by atoms with Crippen molar-refractivity contribution in [3.8, 4) is 0 Å². The van der Waals surface area contributed by atoms with Gasteiger partial charge in [-0.3, -0.25) is 0 Å². The van der Waals surface area contributed by atoms with Crippen molar-refractivity contribution in [1.82, 2.24) is 0 Å². The summed E-state index contributed by atoms with van der Waals surface area (Å²) in [6, 6.07) is 9.10. The Morgan fingerprint density at radius 3 is 1.76 bits per heavy atom. The fourth-order valence-electron chi connectivity index (χ4n) is 0.666. The minimum Gasteiger partial charge on any atom is -0.563 e. The van der Waals surface area contributed by atoms with E-state index in [0.717, 1.165) is 5.56 Å². The smallest absolute Gasteiger partial charge is 0.563 e. The molecule has 0 fully saturated rings. The van der Waals surface area contributed by atoms with Gasteiger partial charge in [-0.2, -0.15) is 0 Å². The van der Waals surface area contributed by atoms with E-state index >= 15 is 0 Å². The van der Waals surface area contributed by atoms with Crippen LogP contribution in [0.15, 0.2) is 30.3 Å². The number of halogens is 1. The summed E-state index contributed by atoms with van der Waals surface area (Å²) in [6.07, 6.45) is 0. The zero-order chi connectivity index (χ0) is 12.6. The molecule has 3 atom stereocenters. The van der Waals surface area contributed by atoms with Crippen LogP contribution in [0.5, 0.6) is 0 Å². The summed E-state index contributed by atoms with van der Waals surface area (Å²) in [5.41, 5.74) is -0.134. The standard InChI is InChI=1S/C7H7ClO.Hg.O5P2/c8-7(9)6-4-2-1-3-5-6;;1-6(2)5-7(3)4/h1-5,7,9H;;/q;+2;. The maximum Gasteiger partial charge on any atom is 2.00 e. The van der Waals surface area contributed by atoms with E-state index in [1.807, 2.05) is 18.2 Å². The Hall–Kier alpha value is 0.485. The first-order valence-corrected chi connectivity index (χ1v) is 6.40. The molecule has 0 bridgehead atoms. The van der Waals surface area contributed by atoms with Crippen LogP contribution in [0.25, 0.3) is 0 Å². The predicted octanol–water partition coefficient (Wildman–Crippen LogP) is 0.952. The van der Waals surface area contributed by atoms with Crippen LogP contribution in [-0.2, 0) is 41.1 Å². The first kappa shape index (κ1) is 19.8. The molecule has 0 aliphatic carbocycles. The molecule has 0 aliphatic rings. The van der Waals surface area contributed by atoms with E-state index < -0.39 is 22.1 Å². The van der Waals surface area contributed by atoms with Gasteiger partial charge < -0.3 is 14.9 Å². The van der Waals surface area contributed by atoms with Crippen LogP contribution in [0, 0.1) is 0 Å². The van der Waals surface area contributed by atoms with Crippen LogP contribution in [0.2, 0.25) is 0 Å². The van der Waals surface area contributed by atoms with E-state index in [1.54, 1.807) is 12.1 Å². The van der Waals surface area contributed by atoms with Gasteiger partial charge in [-0.15, -0.1) is 0 Å². The normalized spacial score (nSPS) is 12.5. The molecule has 17 heavy (non-hydrogen) atoms. The Bertz CT molecular complexity index is 337. The molecule has 0 saturated heterocycles. The summed E-state index contributed by atoms with van der Waals surface area (Å²) in [7, 11) is -6.47. The molecule has 0 heterocycles. The number of rotatable bonds is 3. The summed E-state index contributed by atoms with van der Waals surface area (Å²) >= 11 is 5.36. The minimum atomic E-state index is -3.24. The van der Waals surface area contributed by atoms with Crippen molar-refractivity contribution >= 4 is 28.1 Å². The van der Waals surface area contributed by atoms with Crippen molar-refractivity contribution in [1.29, 1.82) is 0 Å². The second-order valence-corrected chi connectivity index (χ2v) is 4.24. The van der Waals surface area contributed by atoms with Crippen LogP contribution in [0.1, 0.15) is 11.1 Å². The van der Waals surface area contributed by atoms with Crippen LogP contribution >= 0.6 is 28.1 Å². The summed E-state index contributed by atoms with van der Waals surface area (Å²) in [4.78, 5) is 18.5. The van der Waals surface area contributed by atoms with E-state index in [4.69, 9.17) is 16.7 Å². The third-order valence-corrected chi connectivity index (χ3v) is 2.53. The molecule has 1 aromatic carbocycles. The maximum absolute atomic E-state index is 9.24. The Balaban J connectivity index is 0. The molecule has 6 nitrogen and oxygen atoms in total. The van der Waals surface area contributed by atoms with Gasteiger partial charge in [0.05, 0.1) is 0 Å². The van der Waals surface area contributed by atoms with Gasteiger partial charge in [0.1, 0.15) is 4.31 Å². The number of aliphatic hydroxyl groups is 1. The molecule has 0 aliphatic heterocycles. The van der Waals surface area contributed by atoms with Crippen molar-refractivity contribution in [3.63, 3.8) is 0 Å². The Morgan fingerprint density at radius 1 is 1.18 bits per heavy atom. The topological polar surface area (TPSA) is 110 Å². The molecule has 88 valence electrons. The van der Waals surface area contributed by atoms with Crippen LogP contribution in [0.3, 0.4) is 0 Å². The summed E-state index contributed by atoms with van der Waals surface area (Å²) in [5, 5.41) is 8.79. The number of benzene rings is 1. The number of alkyl halides is 1. The van der Waals surface area contributed by atoms with E-state index in [1.165, 1.54) is 0 Å². The van der Waals surface area contributed by atoms with Crippen molar-refractivity contribution in [2.45, 2.75) is 5.56 Å². The van der Waals surface area contributed by atoms with Crippen LogP contribution < -0.4 is 9.79 Å². The van der Waals surface area contributed by atoms with Gasteiger partial charge in [-0.05, 0) is 14.7 Å². The van der Waals surface area contributed by atoms with E-state index in [9.17, 15) is 18.9 Å². The molecule has 1 aromatic rings. The first-order chi connectivity index (χ1) is 7.43. The third-order valence-electron chi connectivity index (χ3n) is 1.21. The van der Waals surface area contributed by atoms with Crippen molar-refractivity contribution in [2.24, 2.45) is 0 Å². The first-order valence-electron chi connectivity index (χ1n) is 3.77. The van der Waals surface area contributed by atoms with Gasteiger partial charge in [0.15, 0.2) is 5.56 Å². The minimum absolute atomic E-state index is 0. The van der Waals surface area contributed by atoms with Gasteiger partial charge in [0, 0.05) is 0 Å². The monoisotopic (exact) mass is 486 g/mol. The summed E-state index contributed by atoms with van der Waals surface area (Å²) in [6.45, 7) is 0. The van der Waals surface area contributed by atoms with E-state index in [2.05, 4.69) is 4.31 Å². The molecule has 0 saturated carbocycles. The summed E-state index contributed by atoms with van der Waals surface area (Å²) in [5.74, 6) is 0. The zero-order valence-corrected chi connectivity index (χ0v) is 16.5. The van der Waals surface area contributed by atoms with Gasteiger partial charge in [-0.1, -0.05) is 41.9 Å². The molecule has 0 radical (unpaired) electrons. The number of hydrogen-bond acceptors (Lipinski definition) is 6. The average molecular weight is 485 g/mol. The van der Waals surface area contributed by atoms with E-state index in [-0.39, 0.29) is 27.7 Å². The second kappa shape index (κ2) is 11.6. The van der Waals surface area contributed by atoms with E-state index in [0.29, 0.717) is 0 Å². The van der Waals surface area contributed by atoms with Crippen molar-refractivity contribution in [3.05, 3.63) is 35.9 Å². The van der Waals surface area contributed by atoms with Crippen molar-refractivity contribution < 1.29 is 56.0 Å². The molecule has 0 amide bonds. The molecule has 1 N–H and O–H groups in total. The van der Waals surface area contributed by atoms with Gasteiger partial charge in [-0.25, -0.2) is 0 Å². The summed E-state index contributed by atoms with van der Waals surface area (Å²) < 4.78 is 21.6.